The van der Waals surface area contributed by atoms with Gasteiger partial charge < -0.3 is 14.4 Å². The minimum absolute atomic E-state index is 0.178. The Labute approximate surface area is 145 Å². The standard InChI is InChI=1S/C20H29NO3/c1-4-23-18-12-16(13-18)20(22)21-10-8-17(9-11-21)24-19-14(2)6-5-7-15(19)3/h5-7,16-18H,4,8-13H2,1-3H3. The largest absolute Gasteiger partial charge is 0.490 e. The molecule has 0 bridgehead atoms. The van der Waals surface area contributed by atoms with Gasteiger partial charge in [0.25, 0.3) is 0 Å². The summed E-state index contributed by atoms with van der Waals surface area (Å²) in [6.07, 6.45) is 4.14. The zero-order valence-electron chi connectivity index (χ0n) is 15.1. The first kappa shape index (κ1) is 17.3. The highest BCUT2D eigenvalue weighted by Crippen LogP contribution is 2.33. The van der Waals surface area contributed by atoms with E-state index in [1.165, 1.54) is 11.1 Å². The summed E-state index contributed by atoms with van der Waals surface area (Å²) >= 11 is 0. The first-order valence-corrected chi connectivity index (χ1v) is 9.21. The van der Waals surface area contributed by atoms with E-state index in [-0.39, 0.29) is 12.0 Å². The van der Waals surface area contributed by atoms with Crippen molar-refractivity contribution in [2.45, 2.75) is 58.7 Å². The molecule has 1 aromatic carbocycles. The molecule has 1 heterocycles. The van der Waals surface area contributed by atoms with Gasteiger partial charge in [-0.05, 0) is 44.7 Å². The normalized spacial score (nSPS) is 24.5. The lowest BCUT2D eigenvalue weighted by atomic mass is 9.81. The van der Waals surface area contributed by atoms with E-state index in [0.717, 1.165) is 51.1 Å². The van der Waals surface area contributed by atoms with Crippen LogP contribution in [0.15, 0.2) is 18.2 Å². The van der Waals surface area contributed by atoms with Crippen molar-refractivity contribution in [1.29, 1.82) is 0 Å². The van der Waals surface area contributed by atoms with Gasteiger partial charge in [0, 0.05) is 38.5 Å². The fraction of sp³-hybridized carbons (Fsp3) is 0.650. The molecule has 1 amide bonds. The lowest BCUT2D eigenvalue weighted by Gasteiger charge is -2.39. The summed E-state index contributed by atoms with van der Waals surface area (Å²) in [6, 6.07) is 6.24. The van der Waals surface area contributed by atoms with Crippen molar-refractivity contribution in [3.63, 3.8) is 0 Å². The van der Waals surface area contributed by atoms with Crippen molar-refractivity contribution in [2.24, 2.45) is 5.92 Å². The molecule has 4 heteroatoms. The Bertz CT molecular complexity index is 552. The van der Waals surface area contributed by atoms with Crippen molar-refractivity contribution in [3.05, 3.63) is 29.3 Å². The number of para-hydroxylation sites is 1. The van der Waals surface area contributed by atoms with Crippen LogP contribution in [-0.4, -0.2) is 42.7 Å². The third kappa shape index (κ3) is 3.75. The van der Waals surface area contributed by atoms with Crippen molar-refractivity contribution in [1.82, 2.24) is 4.90 Å². The van der Waals surface area contributed by atoms with Gasteiger partial charge in [0.15, 0.2) is 0 Å². The number of nitrogens with zero attached hydrogens (tertiary/aromatic N) is 1. The highest BCUT2D eigenvalue weighted by atomic mass is 16.5. The summed E-state index contributed by atoms with van der Waals surface area (Å²) in [6.45, 7) is 8.55. The molecule has 132 valence electrons. The van der Waals surface area contributed by atoms with E-state index < -0.39 is 0 Å². The molecule has 24 heavy (non-hydrogen) atoms. The van der Waals surface area contributed by atoms with Crippen molar-refractivity contribution in [3.8, 4) is 5.75 Å². The van der Waals surface area contributed by atoms with Gasteiger partial charge in [-0.3, -0.25) is 4.79 Å². The number of piperidine rings is 1. The number of benzene rings is 1. The molecule has 0 atom stereocenters. The second-order valence-corrected chi connectivity index (χ2v) is 7.11. The van der Waals surface area contributed by atoms with E-state index in [4.69, 9.17) is 9.47 Å². The Morgan fingerprint density at radius 3 is 2.33 bits per heavy atom. The minimum atomic E-state index is 0.178. The van der Waals surface area contributed by atoms with Crippen LogP contribution in [0.5, 0.6) is 5.75 Å². The van der Waals surface area contributed by atoms with Gasteiger partial charge in [-0.15, -0.1) is 0 Å². The topological polar surface area (TPSA) is 38.8 Å². The third-order valence-corrected chi connectivity index (χ3v) is 5.29. The summed E-state index contributed by atoms with van der Waals surface area (Å²) in [4.78, 5) is 14.6. The Morgan fingerprint density at radius 1 is 1.12 bits per heavy atom. The summed E-state index contributed by atoms with van der Waals surface area (Å²) in [5, 5.41) is 0. The molecule has 1 saturated heterocycles. The molecule has 2 fully saturated rings. The van der Waals surface area contributed by atoms with Crippen LogP contribution in [0, 0.1) is 19.8 Å². The quantitative estimate of drug-likeness (QED) is 0.829. The van der Waals surface area contributed by atoms with Crippen molar-refractivity contribution >= 4 is 5.91 Å². The van der Waals surface area contributed by atoms with Crippen LogP contribution >= 0.6 is 0 Å². The highest BCUT2D eigenvalue weighted by Gasteiger charge is 2.38. The molecular weight excluding hydrogens is 302 g/mol. The van der Waals surface area contributed by atoms with Gasteiger partial charge in [0.1, 0.15) is 11.9 Å². The number of rotatable bonds is 5. The van der Waals surface area contributed by atoms with E-state index >= 15 is 0 Å². The molecule has 1 saturated carbocycles. The molecular formula is C20H29NO3. The predicted molar refractivity (Wildman–Crippen MR) is 94.3 cm³/mol. The molecule has 0 unspecified atom stereocenters. The maximum Gasteiger partial charge on any atom is 0.225 e. The van der Waals surface area contributed by atoms with Gasteiger partial charge in [0.05, 0.1) is 6.10 Å². The number of carbonyl (C=O) groups excluding carboxylic acids is 1. The Morgan fingerprint density at radius 2 is 1.75 bits per heavy atom. The van der Waals surface area contributed by atoms with E-state index in [0.29, 0.717) is 12.0 Å². The summed E-state index contributed by atoms with van der Waals surface area (Å²) < 4.78 is 11.8. The Balaban J connectivity index is 1.47. The minimum Gasteiger partial charge on any atom is -0.490 e. The molecule has 0 spiro atoms. The number of ether oxygens (including phenoxy) is 2. The Hall–Kier alpha value is -1.55. The second kappa shape index (κ2) is 7.56. The van der Waals surface area contributed by atoms with Crippen LogP contribution < -0.4 is 4.74 Å². The lowest BCUT2D eigenvalue weighted by molar-refractivity contribution is -0.146. The van der Waals surface area contributed by atoms with Crippen LogP contribution in [-0.2, 0) is 9.53 Å². The highest BCUT2D eigenvalue weighted by molar-refractivity contribution is 5.80. The summed E-state index contributed by atoms with van der Waals surface area (Å²) in [7, 11) is 0. The maximum atomic E-state index is 12.5. The number of hydrogen-bond donors (Lipinski definition) is 0. The predicted octanol–water partition coefficient (Wildman–Crippen LogP) is 3.49. The van der Waals surface area contributed by atoms with Crippen LogP contribution in [0.2, 0.25) is 0 Å². The van der Waals surface area contributed by atoms with Crippen LogP contribution in [0.25, 0.3) is 0 Å². The number of likely N-dealkylation sites (tertiary alicyclic amines) is 1. The number of amides is 1. The lowest BCUT2D eigenvalue weighted by Crippen LogP contribution is -2.48. The SMILES string of the molecule is CCOC1CC(C(=O)N2CCC(Oc3c(C)cccc3C)CC2)C1. The van der Waals surface area contributed by atoms with Crippen molar-refractivity contribution < 1.29 is 14.3 Å². The molecule has 0 radical (unpaired) electrons. The average molecular weight is 331 g/mol. The number of hydrogen-bond acceptors (Lipinski definition) is 3. The summed E-state index contributed by atoms with van der Waals surface area (Å²) in [5.41, 5.74) is 2.37. The number of carbonyl (C=O) groups is 1. The van der Waals surface area contributed by atoms with Crippen LogP contribution in [0.3, 0.4) is 0 Å². The average Bonchev–Trinajstić information content (AvgIpc) is 2.54. The zero-order valence-corrected chi connectivity index (χ0v) is 15.1. The number of aryl methyl sites for hydroxylation is 2. The fourth-order valence-corrected chi connectivity index (χ4v) is 3.74. The van der Waals surface area contributed by atoms with E-state index in [1.807, 2.05) is 11.8 Å². The molecule has 4 nitrogen and oxygen atoms in total. The van der Waals surface area contributed by atoms with Gasteiger partial charge in [-0.1, -0.05) is 18.2 Å². The second-order valence-electron chi connectivity index (χ2n) is 7.11. The smallest absolute Gasteiger partial charge is 0.225 e. The molecule has 2 aliphatic rings. The molecule has 3 rings (SSSR count). The fourth-order valence-electron chi connectivity index (χ4n) is 3.74. The molecule has 0 aromatic heterocycles. The van der Waals surface area contributed by atoms with Crippen LogP contribution in [0.4, 0.5) is 0 Å². The Kier molecular flexibility index (Phi) is 5.44. The van der Waals surface area contributed by atoms with Gasteiger partial charge in [-0.25, -0.2) is 0 Å². The third-order valence-electron chi connectivity index (χ3n) is 5.29. The van der Waals surface area contributed by atoms with Gasteiger partial charge >= 0.3 is 0 Å². The maximum absolute atomic E-state index is 12.5. The van der Waals surface area contributed by atoms with E-state index in [1.54, 1.807) is 0 Å². The molecule has 1 aliphatic carbocycles. The van der Waals surface area contributed by atoms with Gasteiger partial charge in [0.2, 0.25) is 5.91 Å². The first-order valence-electron chi connectivity index (χ1n) is 9.21. The zero-order chi connectivity index (χ0) is 17.1. The van der Waals surface area contributed by atoms with Gasteiger partial charge in [-0.2, -0.15) is 0 Å². The monoisotopic (exact) mass is 331 g/mol. The van der Waals surface area contributed by atoms with E-state index in [2.05, 4.69) is 32.0 Å². The first-order chi connectivity index (χ1) is 11.6. The molecule has 0 N–H and O–H groups in total. The molecule has 1 aromatic rings. The van der Waals surface area contributed by atoms with Crippen LogP contribution in [0.1, 0.15) is 43.7 Å². The van der Waals surface area contributed by atoms with E-state index in [9.17, 15) is 4.79 Å². The molecule has 1 aliphatic heterocycles. The van der Waals surface area contributed by atoms with Crippen molar-refractivity contribution in [2.75, 3.05) is 19.7 Å². The summed E-state index contributed by atoms with van der Waals surface area (Å²) in [5.74, 6) is 1.51.